The molecule has 88 valence electrons. The van der Waals surface area contributed by atoms with E-state index in [1.165, 1.54) is 12.3 Å². The fourth-order valence-corrected chi connectivity index (χ4v) is 2.36. The van der Waals surface area contributed by atoms with Crippen LogP contribution in [0.2, 0.25) is 0 Å². The molecule has 0 radical (unpaired) electrons. The molecule has 0 aliphatic heterocycles. The molecule has 2 aromatic rings. The van der Waals surface area contributed by atoms with Crippen LogP contribution in [0.5, 0.6) is 5.75 Å². The lowest BCUT2D eigenvalue weighted by molar-refractivity contribution is 0.467. The Morgan fingerprint density at radius 3 is 2.65 bits per heavy atom. The number of aromatic amines is 1. The Hall–Kier alpha value is -1.20. The van der Waals surface area contributed by atoms with Crippen molar-refractivity contribution in [3.63, 3.8) is 0 Å². The second-order valence-corrected chi connectivity index (χ2v) is 5.41. The minimum atomic E-state index is -0.352. The average Bonchev–Trinajstić information content (AvgIpc) is 2.33. The summed E-state index contributed by atoms with van der Waals surface area (Å²) in [4.78, 5) is 15.2. The predicted octanol–water partition coefficient (Wildman–Crippen LogP) is 3.14. The number of nitrogens with one attached hydrogen (secondary N) is 1. The van der Waals surface area contributed by atoms with Crippen molar-refractivity contribution in [3.8, 4) is 5.75 Å². The zero-order chi connectivity index (χ0) is 12.3. The first kappa shape index (κ1) is 12.3. The highest BCUT2D eigenvalue weighted by atomic mass is 79.9. The summed E-state index contributed by atoms with van der Waals surface area (Å²) in [6.45, 7) is 0. The van der Waals surface area contributed by atoms with Crippen LogP contribution in [0.3, 0.4) is 0 Å². The fourth-order valence-electron chi connectivity index (χ4n) is 1.28. The summed E-state index contributed by atoms with van der Waals surface area (Å²) in [7, 11) is 0. The van der Waals surface area contributed by atoms with E-state index in [9.17, 15) is 4.79 Å². The molecule has 0 unspecified atom stereocenters. The van der Waals surface area contributed by atoms with E-state index in [-0.39, 0.29) is 11.2 Å². The van der Waals surface area contributed by atoms with Crippen LogP contribution < -0.4 is 5.43 Å². The Bertz CT molecular complexity index is 565. The van der Waals surface area contributed by atoms with Gasteiger partial charge >= 0.3 is 0 Å². The molecular formula is C12H10BrNO2S. The van der Waals surface area contributed by atoms with Crippen molar-refractivity contribution in [2.75, 3.05) is 0 Å². The summed E-state index contributed by atoms with van der Waals surface area (Å²) in [5.74, 6) is 0.416. The molecule has 0 aliphatic carbocycles. The molecule has 0 atom stereocenters. The summed E-state index contributed by atoms with van der Waals surface area (Å²) in [5.41, 5.74) is 0.441. The van der Waals surface area contributed by atoms with Crippen molar-refractivity contribution in [2.24, 2.45) is 0 Å². The number of thioether (sulfide) groups is 1. The van der Waals surface area contributed by atoms with Crippen LogP contribution in [0.1, 0.15) is 5.69 Å². The number of pyridine rings is 1. The molecule has 2 N–H and O–H groups in total. The number of halogens is 1. The highest BCUT2D eigenvalue weighted by Crippen LogP contribution is 2.23. The summed E-state index contributed by atoms with van der Waals surface area (Å²) < 4.78 is 1.04. The van der Waals surface area contributed by atoms with E-state index in [1.54, 1.807) is 11.8 Å². The van der Waals surface area contributed by atoms with Crippen molar-refractivity contribution in [1.82, 2.24) is 4.98 Å². The molecule has 5 heteroatoms. The van der Waals surface area contributed by atoms with Gasteiger partial charge in [-0.2, -0.15) is 0 Å². The van der Waals surface area contributed by atoms with Crippen LogP contribution in [-0.4, -0.2) is 10.1 Å². The Morgan fingerprint density at radius 2 is 2.00 bits per heavy atom. The SMILES string of the molecule is O=c1cc(CSc2ccc(Br)cc2)[nH]cc1O. The molecule has 1 heterocycles. The van der Waals surface area contributed by atoms with Crippen LogP contribution in [0.25, 0.3) is 0 Å². The van der Waals surface area contributed by atoms with Crippen molar-refractivity contribution < 1.29 is 5.11 Å². The van der Waals surface area contributed by atoms with Crippen LogP contribution in [0, 0.1) is 0 Å². The summed E-state index contributed by atoms with van der Waals surface area (Å²) in [6.07, 6.45) is 1.32. The first-order chi connectivity index (χ1) is 8.15. The second-order valence-electron chi connectivity index (χ2n) is 3.45. The van der Waals surface area contributed by atoms with E-state index < -0.39 is 0 Å². The monoisotopic (exact) mass is 311 g/mol. The number of benzene rings is 1. The molecule has 0 spiro atoms. The van der Waals surface area contributed by atoms with Gasteiger partial charge in [-0.1, -0.05) is 15.9 Å². The van der Waals surface area contributed by atoms with Crippen molar-refractivity contribution in [1.29, 1.82) is 0 Å². The lowest BCUT2D eigenvalue weighted by Crippen LogP contribution is -2.01. The smallest absolute Gasteiger partial charge is 0.223 e. The molecule has 0 amide bonds. The normalized spacial score (nSPS) is 10.4. The minimum Gasteiger partial charge on any atom is -0.503 e. The van der Waals surface area contributed by atoms with Gasteiger partial charge < -0.3 is 10.1 Å². The van der Waals surface area contributed by atoms with Gasteiger partial charge in [0.2, 0.25) is 5.43 Å². The van der Waals surface area contributed by atoms with Gasteiger partial charge in [-0.05, 0) is 24.3 Å². The third kappa shape index (κ3) is 3.38. The van der Waals surface area contributed by atoms with Crippen LogP contribution >= 0.6 is 27.7 Å². The lowest BCUT2D eigenvalue weighted by Gasteiger charge is -2.02. The maximum atomic E-state index is 11.2. The molecule has 3 nitrogen and oxygen atoms in total. The van der Waals surface area contributed by atoms with Gasteiger partial charge in [0, 0.05) is 33.1 Å². The Balaban J connectivity index is 2.04. The largest absolute Gasteiger partial charge is 0.503 e. The van der Waals surface area contributed by atoms with Gasteiger partial charge in [-0.3, -0.25) is 4.79 Å². The quantitative estimate of drug-likeness (QED) is 0.856. The standard InChI is InChI=1S/C12H10BrNO2S/c13-8-1-3-10(4-2-8)17-7-9-5-11(15)12(16)6-14-9/h1-6,16H,7H2,(H,14,15). The van der Waals surface area contributed by atoms with E-state index in [0.717, 1.165) is 15.1 Å². The van der Waals surface area contributed by atoms with Crippen LogP contribution in [0.4, 0.5) is 0 Å². The van der Waals surface area contributed by atoms with E-state index in [2.05, 4.69) is 20.9 Å². The number of rotatable bonds is 3. The third-order valence-electron chi connectivity index (χ3n) is 2.16. The molecule has 1 aromatic carbocycles. The Kier molecular flexibility index (Phi) is 3.91. The van der Waals surface area contributed by atoms with Gasteiger partial charge in [0.15, 0.2) is 5.75 Å². The van der Waals surface area contributed by atoms with Crippen molar-refractivity contribution in [2.45, 2.75) is 10.6 Å². The lowest BCUT2D eigenvalue weighted by atomic mass is 10.3. The van der Waals surface area contributed by atoms with E-state index in [0.29, 0.717) is 5.75 Å². The third-order valence-corrected chi connectivity index (χ3v) is 3.75. The second kappa shape index (κ2) is 5.42. The van der Waals surface area contributed by atoms with Crippen molar-refractivity contribution >= 4 is 27.7 Å². The molecule has 17 heavy (non-hydrogen) atoms. The van der Waals surface area contributed by atoms with Gasteiger partial charge in [-0.15, -0.1) is 11.8 Å². The first-order valence-corrected chi connectivity index (χ1v) is 6.72. The van der Waals surface area contributed by atoms with Gasteiger partial charge in [0.1, 0.15) is 0 Å². The molecular weight excluding hydrogens is 302 g/mol. The summed E-state index contributed by atoms with van der Waals surface area (Å²) >= 11 is 5.00. The summed E-state index contributed by atoms with van der Waals surface area (Å²) in [5, 5.41) is 9.10. The molecule has 2 rings (SSSR count). The molecule has 0 aliphatic rings. The zero-order valence-electron chi connectivity index (χ0n) is 8.81. The van der Waals surface area contributed by atoms with E-state index >= 15 is 0 Å². The Morgan fingerprint density at radius 1 is 1.29 bits per heavy atom. The number of aromatic hydroxyl groups is 1. The maximum absolute atomic E-state index is 11.2. The Labute approximate surface area is 111 Å². The number of hydrogen-bond acceptors (Lipinski definition) is 3. The maximum Gasteiger partial charge on any atom is 0.223 e. The molecule has 0 bridgehead atoms. The molecule has 0 fully saturated rings. The topological polar surface area (TPSA) is 53.1 Å². The van der Waals surface area contributed by atoms with Gasteiger partial charge in [0.25, 0.3) is 0 Å². The molecule has 1 aromatic heterocycles. The number of H-pyrrole nitrogens is 1. The zero-order valence-corrected chi connectivity index (χ0v) is 11.2. The summed E-state index contributed by atoms with van der Waals surface area (Å²) in [6, 6.07) is 9.38. The average molecular weight is 312 g/mol. The van der Waals surface area contributed by atoms with Crippen molar-refractivity contribution in [3.05, 3.63) is 56.9 Å². The molecule has 0 saturated carbocycles. The van der Waals surface area contributed by atoms with Gasteiger partial charge in [-0.25, -0.2) is 0 Å². The van der Waals surface area contributed by atoms with Crippen LogP contribution in [-0.2, 0) is 5.75 Å². The highest BCUT2D eigenvalue weighted by Gasteiger charge is 2.00. The number of aromatic nitrogens is 1. The van der Waals surface area contributed by atoms with Crippen LogP contribution in [0.15, 0.2) is 50.7 Å². The van der Waals surface area contributed by atoms with Gasteiger partial charge in [0.05, 0.1) is 0 Å². The first-order valence-electron chi connectivity index (χ1n) is 4.94. The highest BCUT2D eigenvalue weighted by molar-refractivity contribution is 9.10. The van der Waals surface area contributed by atoms with E-state index in [4.69, 9.17) is 5.11 Å². The van der Waals surface area contributed by atoms with E-state index in [1.807, 2.05) is 24.3 Å². The molecule has 0 saturated heterocycles. The predicted molar refractivity (Wildman–Crippen MR) is 72.4 cm³/mol. The number of hydrogen-bond donors (Lipinski definition) is 2. The minimum absolute atomic E-state index is 0.248. The fraction of sp³-hybridized carbons (Fsp3) is 0.0833.